The maximum atomic E-state index is 12.6. The first-order valence-corrected chi connectivity index (χ1v) is 20.8. The van der Waals surface area contributed by atoms with Crippen LogP contribution in [-0.2, 0) is 32.7 Å². The fourth-order valence-electron chi connectivity index (χ4n) is 4.70. The number of quaternary nitrogens is 1. The number of phosphoric acid groups is 1. The lowest BCUT2D eigenvalue weighted by Crippen LogP contribution is -2.37. The Hall–Kier alpha value is -2.03. The number of nitrogens with zero attached hydrogens (tertiary/aromatic N) is 1. The Morgan fingerprint density at radius 3 is 1.72 bits per heavy atom. The third kappa shape index (κ3) is 35.8. The Labute approximate surface area is 305 Å². The molecule has 1 unspecified atom stereocenters. The van der Waals surface area contributed by atoms with Crippen LogP contribution in [0.4, 0.5) is 0 Å². The molecule has 0 saturated heterocycles. The van der Waals surface area contributed by atoms with Crippen LogP contribution >= 0.6 is 7.82 Å². The second-order valence-electron chi connectivity index (χ2n) is 13.9. The summed E-state index contributed by atoms with van der Waals surface area (Å²) in [6, 6.07) is 0. The Balaban J connectivity index is 4.52. The highest BCUT2D eigenvalue weighted by molar-refractivity contribution is 7.45. The minimum atomic E-state index is -4.63. The summed E-state index contributed by atoms with van der Waals surface area (Å²) in [5, 5.41) is 0. The van der Waals surface area contributed by atoms with Crippen molar-refractivity contribution in [3.05, 3.63) is 48.6 Å². The average Bonchev–Trinajstić information content (AvgIpc) is 3.06. The van der Waals surface area contributed by atoms with Crippen molar-refractivity contribution in [2.45, 2.75) is 148 Å². The molecule has 0 aliphatic carbocycles. The molecule has 0 aromatic rings. The minimum Gasteiger partial charge on any atom is -0.756 e. The summed E-state index contributed by atoms with van der Waals surface area (Å²) in [5.74, 6) is -0.897. The van der Waals surface area contributed by atoms with Gasteiger partial charge in [-0.25, -0.2) is 0 Å². The molecule has 9 nitrogen and oxygen atoms in total. The molecule has 0 spiro atoms. The normalized spacial score (nSPS) is 14.3. The maximum absolute atomic E-state index is 12.6. The van der Waals surface area contributed by atoms with Gasteiger partial charge in [0.25, 0.3) is 7.82 Å². The Morgan fingerprint density at radius 1 is 0.620 bits per heavy atom. The van der Waals surface area contributed by atoms with Crippen LogP contribution in [0.3, 0.4) is 0 Å². The van der Waals surface area contributed by atoms with Crippen LogP contribution < -0.4 is 4.89 Å². The number of carbonyl (C=O) groups is 2. The molecule has 50 heavy (non-hydrogen) atoms. The zero-order chi connectivity index (χ0) is 37.2. The summed E-state index contributed by atoms with van der Waals surface area (Å²) < 4.78 is 33.7. The molecular weight excluding hydrogens is 653 g/mol. The third-order valence-electron chi connectivity index (χ3n) is 7.82. The molecule has 10 heteroatoms. The molecule has 0 heterocycles. The van der Waals surface area contributed by atoms with Gasteiger partial charge in [0, 0.05) is 12.8 Å². The Morgan fingerprint density at radius 2 is 1.10 bits per heavy atom. The van der Waals surface area contributed by atoms with Crippen molar-refractivity contribution in [2.24, 2.45) is 0 Å². The van der Waals surface area contributed by atoms with Crippen LogP contribution in [0.2, 0.25) is 0 Å². The first kappa shape index (κ1) is 48.0. The fraction of sp³-hybridized carbons (Fsp3) is 0.750. The summed E-state index contributed by atoms with van der Waals surface area (Å²) in [4.78, 5) is 37.3. The van der Waals surface area contributed by atoms with E-state index in [1.165, 1.54) is 32.1 Å². The van der Waals surface area contributed by atoms with E-state index in [9.17, 15) is 19.0 Å². The standard InChI is InChI=1S/C40H72NO8P/c1-6-8-10-12-14-16-18-19-20-21-23-24-26-28-30-32-39(42)46-36-38(37-48-50(44,45)47-35-34-41(3,4)5)49-40(43)33-31-29-27-25-22-17-15-13-11-9-7-2/h13-16,19-20,23-24,38H,6-12,17-18,21-22,25-37H2,1-5H3/b15-13+,16-14+,20-19+,24-23+/t38-/m1/s1. The van der Waals surface area contributed by atoms with Crippen molar-refractivity contribution in [3.8, 4) is 0 Å². The van der Waals surface area contributed by atoms with E-state index in [2.05, 4.69) is 62.5 Å². The van der Waals surface area contributed by atoms with E-state index in [0.29, 0.717) is 23.9 Å². The van der Waals surface area contributed by atoms with Gasteiger partial charge in [-0.2, -0.15) is 0 Å². The largest absolute Gasteiger partial charge is 0.756 e. The van der Waals surface area contributed by atoms with E-state index >= 15 is 0 Å². The molecule has 0 saturated carbocycles. The van der Waals surface area contributed by atoms with Gasteiger partial charge >= 0.3 is 11.9 Å². The van der Waals surface area contributed by atoms with Gasteiger partial charge in [-0.3, -0.25) is 14.2 Å². The van der Waals surface area contributed by atoms with Gasteiger partial charge in [-0.05, 0) is 70.6 Å². The minimum absolute atomic E-state index is 0.0401. The van der Waals surface area contributed by atoms with Crippen LogP contribution in [-0.4, -0.2) is 70.0 Å². The number of hydrogen-bond acceptors (Lipinski definition) is 8. The van der Waals surface area contributed by atoms with Crippen molar-refractivity contribution < 1.29 is 42.1 Å². The monoisotopic (exact) mass is 725 g/mol. The van der Waals surface area contributed by atoms with Crippen LogP contribution in [0.1, 0.15) is 142 Å². The number of likely N-dealkylation sites (N-methyl/N-ethyl adjacent to an activating group) is 1. The maximum Gasteiger partial charge on any atom is 0.306 e. The summed E-state index contributed by atoms with van der Waals surface area (Å²) in [7, 11) is 1.13. The van der Waals surface area contributed by atoms with Crippen LogP contribution in [0.5, 0.6) is 0 Å². The highest BCUT2D eigenvalue weighted by Gasteiger charge is 2.21. The number of phosphoric ester groups is 1. The summed E-state index contributed by atoms with van der Waals surface area (Å²) in [6.45, 7) is 4.07. The van der Waals surface area contributed by atoms with Gasteiger partial charge in [0.05, 0.1) is 27.7 Å². The smallest absolute Gasteiger partial charge is 0.306 e. The third-order valence-corrected chi connectivity index (χ3v) is 8.79. The van der Waals surface area contributed by atoms with Gasteiger partial charge in [-0.15, -0.1) is 0 Å². The lowest BCUT2D eigenvalue weighted by molar-refractivity contribution is -0.870. The summed E-state index contributed by atoms with van der Waals surface area (Å²) in [6.07, 6.45) is 35.7. The van der Waals surface area contributed by atoms with Gasteiger partial charge in [0.15, 0.2) is 6.10 Å². The fourth-order valence-corrected chi connectivity index (χ4v) is 5.43. The van der Waals surface area contributed by atoms with Crippen molar-refractivity contribution in [1.29, 1.82) is 0 Å². The molecule has 290 valence electrons. The van der Waals surface area contributed by atoms with Gasteiger partial charge in [-0.1, -0.05) is 107 Å². The zero-order valence-electron chi connectivity index (χ0n) is 32.3. The van der Waals surface area contributed by atoms with Gasteiger partial charge < -0.3 is 27.9 Å². The molecule has 0 fully saturated rings. The second-order valence-corrected chi connectivity index (χ2v) is 15.3. The molecule has 0 aromatic carbocycles. The van der Waals surface area contributed by atoms with E-state index in [1.54, 1.807) is 0 Å². The van der Waals surface area contributed by atoms with Crippen LogP contribution in [0.25, 0.3) is 0 Å². The van der Waals surface area contributed by atoms with Crippen LogP contribution in [0, 0.1) is 0 Å². The molecule has 0 aromatic heterocycles. The molecule has 0 aliphatic rings. The first-order valence-electron chi connectivity index (χ1n) is 19.3. The molecule has 0 N–H and O–H groups in total. The van der Waals surface area contributed by atoms with Crippen LogP contribution in [0.15, 0.2) is 48.6 Å². The number of unbranched alkanes of at least 4 members (excludes halogenated alkanes) is 12. The molecular formula is C40H72NO8P. The molecule has 0 aliphatic heterocycles. The Kier molecular flexibility index (Phi) is 31.5. The topological polar surface area (TPSA) is 111 Å². The number of carbonyl (C=O) groups excluding carboxylic acids is 2. The van der Waals surface area contributed by atoms with E-state index in [-0.39, 0.29) is 26.1 Å². The molecule has 0 rings (SSSR count). The molecule has 0 radical (unpaired) electrons. The predicted octanol–water partition coefficient (Wildman–Crippen LogP) is 9.72. The van der Waals surface area contributed by atoms with E-state index in [4.69, 9.17) is 18.5 Å². The number of ether oxygens (including phenoxy) is 2. The lowest BCUT2D eigenvalue weighted by Gasteiger charge is -2.28. The van der Waals surface area contributed by atoms with Gasteiger partial charge in [0.1, 0.15) is 19.8 Å². The highest BCUT2D eigenvalue weighted by atomic mass is 31.2. The first-order chi connectivity index (χ1) is 24.0. The molecule has 2 atom stereocenters. The molecule has 0 amide bonds. The second kappa shape index (κ2) is 32.8. The van der Waals surface area contributed by atoms with Crippen molar-refractivity contribution in [2.75, 3.05) is 47.5 Å². The quantitative estimate of drug-likeness (QED) is 0.0212. The van der Waals surface area contributed by atoms with E-state index < -0.39 is 32.5 Å². The van der Waals surface area contributed by atoms with E-state index in [0.717, 1.165) is 70.6 Å². The SMILES string of the molecule is CCCC/C=C/CCCCCCCC(=O)O[C@H](COC(=O)CCCC/C=C/C/C=C/C/C=C/CCCCC)COP(=O)([O-])OCC[N+](C)(C)C. The number of hydrogen-bond donors (Lipinski definition) is 0. The van der Waals surface area contributed by atoms with Crippen molar-refractivity contribution in [3.63, 3.8) is 0 Å². The van der Waals surface area contributed by atoms with Crippen molar-refractivity contribution >= 4 is 19.8 Å². The number of allylic oxidation sites excluding steroid dienone is 8. The highest BCUT2D eigenvalue weighted by Crippen LogP contribution is 2.38. The average molecular weight is 726 g/mol. The van der Waals surface area contributed by atoms with Crippen molar-refractivity contribution in [1.82, 2.24) is 0 Å². The number of esters is 2. The Bertz CT molecular complexity index is 1000. The number of rotatable bonds is 34. The summed E-state index contributed by atoms with van der Waals surface area (Å²) in [5.41, 5.74) is 0. The summed E-state index contributed by atoms with van der Waals surface area (Å²) >= 11 is 0. The zero-order valence-corrected chi connectivity index (χ0v) is 33.2. The molecule has 0 bridgehead atoms. The van der Waals surface area contributed by atoms with E-state index in [1.807, 2.05) is 21.1 Å². The predicted molar refractivity (Wildman–Crippen MR) is 203 cm³/mol. The van der Waals surface area contributed by atoms with Gasteiger partial charge in [0.2, 0.25) is 0 Å². The lowest BCUT2D eigenvalue weighted by atomic mass is 10.1.